The normalized spacial score (nSPS) is 19.7. The van der Waals surface area contributed by atoms with Crippen LogP contribution in [-0.2, 0) is 10.3 Å². The molecule has 26 heavy (non-hydrogen) atoms. The molecule has 1 aliphatic rings. The average molecular weight is 353 g/mol. The highest BCUT2D eigenvalue weighted by molar-refractivity contribution is 6.07. The Balaban J connectivity index is 1.84. The Morgan fingerprint density at radius 2 is 1.73 bits per heavy atom. The van der Waals surface area contributed by atoms with Crippen LogP contribution in [0.5, 0.6) is 11.5 Å². The predicted molar refractivity (Wildman–Crippen MR) is 96.3 cm³/mol. The van der Waals surface area contributed by atoms with Gasteiger partial charge in [-0.05, 0) is 42.3 Å². The second-order valence-electron chi connectivity index (χ2n) is 5.92. The quantitative estimate of drug-likeness (QED) is 0.662. The Morgan fingerprint density at radius 3 is 2.38 bits per heavy atom. The van der Waals surface area contributed by atoms with Crippen LogP contribution in [0, 0.1) is 0 Å². The average Bonchev–Trinajstić information content (AvgIpc) is 2.89. The largest absolute Gasteiger partial charge is 0.497 e. The molecule has 1 saturated heterocycles. The lowest BCUT2D eigenvalue weighted by Gasteiger charge is -2.21. The van der Waals surface area contributed by atoms with E-state index in [2.05, 4.69) is 10.4 Å². The number of nitrogens with zero attached hydrogens (tertiary/aromatic N) is 2. The van der Waals surface area contributed by atoms with Gasteiger partial charge in [-0.1, -0.05) is 24.3 Å². The monoisotopic (exact) mass is 353 g/mol. The minimum atomic E-state index is -1.19. The molecule has 7 nitrogen and oxygen atoms in total. The summed E-state index contributed by atoms with van der Waals surface area (Å²) >= 11 is 0. The third-order valence-corrected chi connectivity index (χ3v) is 4.25. The fourth-order valence-electron chi connectivity index (χ4n) is 2.70. The second kappa shape index (κ2) is 6.87. The number of hydrogen-bond acceptors (Lipinski definition) is 5. The van der Waals surface area contributed by atoms with Crippen LogP contribution in [0.15, 0.2) is 53.6 Å². The molecule has 0 unspecified atom stereocenters. The van der Waals surface area contributed by atoms with Crippen LogP contribution in [0.4, 0.5) is 4.79 Å². The summed E-state index contributed by atoms with van der Waals surface area (Å²) in [4.78, 5) is 25.1. The lowest BCUT2D eigenvalue weighted by molar-refractivity contribution is -0.131. The van der Waals surface area contributed by atoms with Gasteiger partial charge in [0.15, 0.2) is 0 Å². The van der Waals surface area contributed by atoms with Gasteiger partial charge in [0.25, 0.3) is 5.91 Å². The molecule has 1 fully saturated rings. The molecule has 1 heterocycles. The summed E-state index contributed by atoms with van der Waals surface area (Å²) in [6.07, 6.45) is 1.44. The van der Waals surface area contributed by atoms with Crippen LogP contribution < -0.4 is 14.8 Å². The number of rotatable bonds is 5. The van der Waals surface area contributed by atoms with Crippen molar-refractivity contribution < 1.29 is 19.1 Å². The summed E-state index contributed by atoms with van der Waals surface area (Å²) in [6.45, 7) is 1.65. The van der Waals surface area contributed by atoms with Crippen molar-refractivity contribution in [1.82, 2.24) is 10.3 Å². The smallest absolute Gasteiger partial charge is 0.346 e. The lowest BCUT2D eigenvalue weighted by atomic mass is 9.92. The second-order valence-corrected chi connectivity index (χ2v) is 5.92. The maximum Gasteiger partial charge on any atom is 0.346 e. The molecule has 0 bridgehead atoms. The van der Waals surface area contributed by atoms with Gasteiger partial charge in [0.2, 0.25) is 0 Å². The summed E-state index contributed by atoms with van der Waals surface area (Å²) in [7, 11) is 3.13. The Labute approximate surface area is 151 Å². The summed E-state index contributed by atoms with van der Waals surface area (Å²) in [6, 6.07) is 13.5. The number of nitrogens with one attached hydrogen (secondary N) is 1. The lowest BCUT2D eigenvalue weighted by Crippen LogP contribution is -2.40. The molecule has 3 amide bonds. The number of hydrogen-bond donors (Lipinski definition) is 1. The van der Waals surface area contributed by atoms with Gasteiger partial charge in [-0.25, -0.2) is 4.79 Å². The Hall–Kier alpha value is -3.35. The minimum Gasteiger partial charge on any atom is -0.497 e. The first-order valence-corrected chi connectivity index (χ1v) is 7.97. The number of methoxy groups -OCH3 is 2. The SMILES string of the molecule is COc1ccc([C@]2(C)NC(=O)N(/N=C\c3cccc(OC)c3)C2=O)cc1. The van der Waals surface area contributed by atoms with Crippen molar-refractivity contribution in [2.45, 2.75) is 12.5 Å². The summed E-state index contributed by atoms with van der Waals surface area (Å²) < 4.78 is 10.3. The number of benzene rings is 2. The summed E-state index contributed by atoms with van der Waals surface area (Å²) in [5.41, 5.74) is 0.174. The van der Waals surface area contributed by atoms with Gasteiger partial charge >= 0.3 is 6.03 Å². The third kappa shape index (κ3) is 3.11. The molecule has 1 aliphatic heterocycles. The van der Waals surface area contributed by atoms with Gasteiger partial charge in [0.1, 0.15) is 17.0 Å². The first-order chi connectivity index (χ1) is 12.5. The number of carbonyl (C=O) groups excluding carboxylic acids is 2. The number of imide groups is 1. The van der Waals surface area contributed by atoms with Crippen molar-refractivity contribution in [2.75, 3.05) is 14.2 Å². The minimum absolute atomic E-state index is 0.452. The molecule has 0 radical (unpaired) electrons. The van der Waals surface area contributed by atoms with E-state index in [9.17, 15) is 9.59 Å². The van der Waals surface area contributed by atoms with Gasteiger partial charge in [0.05, 0.1) is 20.4 Å². The molecule has 3 rings (SSSR count). The zero-order valence-electron chi connectivity index (χ0n) is 14.7. The van der Waals surface area contributed by atoms with Crippen molar-refractivity contribution in [3.8, 4) is 11.5 Å². The van der Waals surface area contributed by atoms with E-state index >= 15 is 0 Å². The van der Waals surface area contributed by atoms with E-state index in [4.69, 9.17) is 9.47 Å². The topological polar surface area (TPSA) is 80.2 Å². The summed E-state index contributed by atoms with van der Waals surface area (Å²) in [5.74, 6) is 0.878. The van der Waals surface area contributed by atoms with Gasteiger partial charge in [-0.3, -0.25) is 4.79 Å². The molecule has 0 saturated carbocycles. The van der Waals surface area contributed by atoms with Crippen molar-refractivity contribution >= 4 is 18.2 Å². The van der Waals surface area contributed by atoms with E-state index in [1.165, 1.54) is 6.21 Å². The molecule has 134 valence electrons. The zero-order valence-corrected chi connectivity index (χ0v) is 14.7. The number of urea groups is 1. The van der Waals surface area contributed by atoms with E-state index in [0.29, 0.717) is 22.6 Å². The highest BCUT2D eigenvalue weighted by atomic mass is 16.5. The molecule has 2 aromatic carbocycles. The van der Waals surface area contributed by atoms with E-state index in [-0.39, 0.29) is 0 Å². The Morgan fingerprint density at radius 1 is 1.04 bits per heavy atom. The molecule has 1 atom stereocenters. The van der Waals surface area contributed by atoms with Crippen LogP contribution in [0.25, 0.3) is 0 Å². The van der Waals surface area contributed by atoms with Gasteiger partial charge in [-0.2, -0.15) is 5.10 Å². The standard InChI is InChI=1S/C19H19N3O4/c1-19(14-7-9-15(25-2)10-8-14)17(23)22(18(24)21-19)20-12-13-5-4-6-16(11-13)26-3/h4-12H,1-3H3,(H,21,24)/b20-12-/t19-/m0/s1. The van der Waals surface area contributed by atoms with Crippen molar-refractivity contribution in [3.05, 3.63) is 59.7 Å². The molecular formula is C19H19N3O4. The van der Waals surface area contributed by atoms with Crippen LogP contribution in [0.1, 0.15) is 18.1 Å². The van der Waals surface area contributed by atoms with Gasteiger partial charge in [-0.15, -0.1) is 5.01 Å². The first kappa shape index (κ1) is 17.5. The molecule has 7 heteroatoms. The highest BCUT2D eigenvalue weighted by Gasteiger charge is 2.49. The van der Waals surface area contributed by atoms with E-state index in [0.717, 1.165) is 5.01 Å². The van der Waals surface area contributed by atoms with Gasteiger partial charge < -0.3 is 14.8 Å². The van der Waals surface area contributed by atoms with Crippen molar-refractivity contribution in [1.29, 1.82) is 0 Å². The summed E-state index contributed by atoms with van der Waals surface area (Å²) in [5, 5.41) is 7.59. The Kier molecular flexibility index (Phi) is 4.62. The molecular weight excluding hydrogens is 334 g/mol. The first-order valence-electron chi connectivity index (χ1n) is 7.97. The fourth-order valence-corrected chi connectivity index (χ4v) is 2.70. The zero-order chi connectivity index (χ0) is 18.7. The number of carbonyl (C=O) groups is 2. The van der Waals surface area contributed by atoms with Gasteiger partial charge in [0, 0.05) is 0 Å². The van der Waals surface area contributed by atoms with E-state index in [1.807, 2.05) is 0 Å². The van der Waals surface area contributed by atoms with Crippen LogP contribution in [0.3, 0.4) is 0 Å². The number of ether oxygens (including phenoxy) is 2. The van der Waals surface area contributed by atoms with Crippen LogP contribution in [0.2, 0.25) is 0 Å². The highest BCUT2D eigenvalue weighted by Crippen LogP contribution is 2.30. The molecule has 0 aromatic heterocycles. The molecule has 1 N–H and O–H groups in total. The maximum atomic E-state index is 12.8. The van der Waals surface area contributed by atoms with Crippen LogP contribution in [-0.4, -0.2) is 37.4 Å². The molecule has 2 aromatic rings. The Bertz CT molecular complexity index is 863. The van der Waals surface area contributed by atoms with Crippen molar-refractivity contribution in [3.63, 3.8) is 0 Å². The molecule has 0 spiro atoms. The third-order valence-electron chi connectivity index (χ3n) is 4.25. The number of amides is 3. The number of hydrazone groups is 1. The van der Waals surface area contributed by atoms with Crippen LogP contribution >= 0.6 is 0 Å². The maximum absolute atomic E-state index is 12.8. The fraction of sp³-hybridized carbons (Fsp3) is 0.211. The predicted octanol–water partition coefficient (Wildman–Crippen LogP) is 2.50. The van der Waals surface area contributed by atoms with E-state index in [1.54, 1.807) is 69.7 Å². The van der Waals surface area contributed by atoms with E-state index < -0.39 is 17.5 Å². The molecule has 0 aliphatic carbocycles. The van der Waals surface area contributed by atoms with Crippen molar-refractivity contribution in [2.24, 2.45) is 5.10 Å².